The van der Waals surface area contributed by atoms with Crippen molar-refractivity contribution in [3.63, 3.8) is 0 Å². The fourth-order valence-electron chi connectivity index (χ4n) is 3.93. The molecule has 1 aliphatic rings. The molecule has 1 rings (SSSR count). The van der Waals surface area contributed by atoms with Gasteiger partial charge in [-0.15, -0.1) is 12.3 Å². The number of hydrogen-bond donors (Lipinski definition) is 3. The maximum atomic E-state index is 12.1. The fraction of sp³-hybridized carbons (Fsp3) is 0.704. The highest BCUT2D eigenvalue weighted by Gasteiger charge is 2.51. The molecule has 14 heteroatoms. The highest BCUT2D eigenvalue weighted by molar-refractivity contribution is 5.76. The van der Waals surface area contributed by atoms with Gasteiger partial charge in [0.15, 0.2) is 18.5 Å². The molecule has 14 nitrogen and oxygen atoms in total. The lowest BCUT2D eigenvalue weighted by molar-refractivity contribution is -0.277. The molecule has 0 spiro atoms. The second-order valence-electron chi connectivity index (χ2n) is 9.31. The van der Waals surface area contributed by atoms with E-state index in [2.05, 4.69) is 21.9 Å². The first kappa shape index (κ1) is 35.3. The minimum Gasteiger partial charge on any atom is -0.463 e. The van der Waals surface area contributed by atoms with Gasteiger partial charge in [0.25, 0.3) is 0 Å². The molecule has 1 heterocycles. The SMILES string of the molecule is C#CCCC(=O)NCCCNC(=O)CCCCOC1OC(COC(C)=O)C(OC(C)=O)C(OC(C)=O)C1NC(C)=O. The fourth-order valence-corrected chi connectivity index (χ4v) is 3.93. The van der Waals surface area contributed by atoms with Crippen LogP contribution < -0.4 is 16.0 Å². The summed E-state index contributed by atoms with van der Waals surface area (Å²) >= 11 is 0. The highest BCUT2D eigenvalue weighted by atomic mass is 16.7. The first-order valence-corrected chi connectivity index (χ1v) is 13.4. The Labute approximate surface area is 239 Å². The van der Waals surface area contributed by atoms with E-state index in [1.165, 1.54) is 13.8 Å². The monoisotopic (exact) mass is 583 g/mol. The van der Waals surface area contributed by atoms with Gasteiger partial charge in [-0.2, -0.15) is 0 Å². The van der Waals surface area contributed by atoms with E-state index in [4.69, 9.17) is 30.1 Å². The molecule has 41 heavy (non-hydrogen) atoms. The summed E-state index contributed by atoms with van der Waals surface area (Å²) < 4.78 is 27.6. The zero-order valence-corrected chi connectivity index (χ0v) is 24.0. The molecule has 230 valence electrons. The van der Waals surface area contributed by atoms with Crippen LogP contribution in [0.25, 0.3) is 0 Å². The molecule has 0 saturated carbocycles. The Morgan fingerprint density at radius 2 is 1.41 bits per heavy atom. The molecule has 0 aromatic carbocycles. The van der Waals surface area contributed by atoms with Crippen molar-refractivity contribution < 1.29 is 52.5 Å². The van der Waals surface area contributed by atoms with Gasteiger partial charge in [-0.1, -0.05) is 0 Å². The first-order valence-electron chi connectivity index (χ1n) is 13.4. The number of unbranched alkanes of at least 4 members (excludes halogenated alkanes) is 1. The average molecular weight is 584 g/mol. The predicted octanol–water partition coefficient (Wildman–Crippen LogP) is -0.135. The van der Waals surface area contributed by atoms with Crippen LogP contribution in [-0.2, 0) is 52.5 Å². The minimum atomic E-state index is -1.20. The van der Waals surface area contributed by atoms with Crippen LogP contribution in [0.5, 0.6) is 0 Å². The van der Waals surface area contributed by atoms with Crippen molar-refractivity contribution >= 4 is 35.6 Å². The van der Waals surface area contributed by atoms with Crippen LogP contribution in [0.4, 0.5) is 0 Å². The van der Waals surface area contributed by atoms with Gasteiger partial charge in [-0.05, 0) is 19.3 Å². The lowest BCUT2D eigenvalue weighted by Crippen LogP contribution is -2.66. The van der Waals surface area contributed by atoms with Crippen LogP contribution in [0.3, 0.4) is 0 Å². The number of hydrogen-bond acceptors (Lipinski definition) is 11. The van der Waals surface area contributed by atoms with E-state index in [0.29, 0.717) is 38.8 Å². The van der Waals surface area contributed by atoms with Gasteiger partial charge in [0.2, 0.25) is 17.7 Å². The summed E-state index contributed by atoms with van der Waals surface area (Å²) in [5.41, 5.74) is 0. The largest absolute Gasteiger partial charge is 0.463 e. The third-order valence-electron chi connectivity index (χ3n) is 5.65. The Balaban J connectivity index is 2.67. The Kier molecular flexibility index (Phi) is 16.7. The van der Waals surface area contributed by atoms with Gasteiger partial charge in [0, 0.05) is 66.7 Å². The van der Waals surface area contributed by atoms with E-state index >= 15 is 0 Å². The summed E-state index contributed by atoms with van der Waals surface area (Å²) in [6.07, 6.45) is 2.89. The number of rotatable bonds is 17. The third kappa shape index (κ3) is 15.0. The Morgan fingerprint density at radius 3 is 1.98 bits per heavy atom. The number of carbonyl (C=O) groups is 6. The van der Waals surface area contributed by atoms with Gasteiger partial charge in [0.05, 0.1) is 0 Å². The average Bonchev–Trinajstić information content (AvgIpc) is 2.88. The molecule has 3 N–H and O–H groups in total. The number of esters is 3. The number of amides is 3. The van der Waals surface area contributed by atoms with Crippen LogP contribution in [0, 0.1) is 12.3 Å². The topological polar surface area (TPSA) is 185 Å². The highest BCUT2D eigenvalue weighted by Crippen LogP contribution is 2.28. The van der Waals surface area contributed by atoms with Crippen LogP contribution >= 0.6 is 0 Å². The molecule has 0 aromatic heterocycles. The van der Waals surface area contributed by atoms with Crippen molar-refractivity contribution in [3.05, 3.63) is 0 Å². The quantitative estimate of drug-likeness (QED) is 0.0896. The van der Waals surface area contributed by atoms with Crippen LogP contribution in [0.2, 0.25) is 0 Å². The summed E-state index contributed by atoms with van der Waals surface area (Å²) in [5, 5.41) is 8.12. The van der Waals surface area contributed by atoms with Crippen molar-refractivity contribution in [3.8, 4) is 12.3 Å². The molecule has 0 radical (unpaired) electrons. The Hall–Kier alpha value is -3.70. The standard InChI is InChI=1S/C27H41N3O11/c1-6-7-11-22(35)28-13-10-14-29-23(36)12-8-9-15-37-27-24(30-17(2)31)26(40-20(5)34)25(39-19(4)33)21(41-27)16-38-18(3)32/h1,21,24-27H,7-16H2,2-5H3,(H,28,35)(H,29,36)(H,30,31). The molecule has 3 amide bonds. The molecule has 1 saturated heterocycles. The second kappa shape index (κ2) is 19.4. The summed E-state index contributed by atoms with van der Waals surface area (Å²) in [6, 6.07) is -1.05. The van der Waals surface area contributed by atoms with Crippen LogP contribution in [0.1, 0.15) is 66.2 Å². The Morgan fingerprint density at radius 1 is 0.805 bits per heavy atom. The smallest absolute Gasteiger partial charge is 0.303 e. The van der Waals surface area contributed by atoms with Gasteiger partial charge in [0.1, 0.15) is 18.8 Å². The van der Waals surface area contributed by atoms with Crippen LogP contribution in [-0.4, -0.2) is 92.6 Å². The summed E-state index contributed by atoms with van der Waals surface area (Å²) in [4.78, 5) is 70.6. The minimum absolute atomic E-state index is 0.114. The number of nitrogens with one attached hydrogen (secondary N) is 3. The molecular weight excluding hydrogens is 542 g/mol. The zero-order chi connectivity index (χ0) is 30.8. The van der Waals surface area contributed by atoms with Gasteiger partial charge in [-0.25, -0.2) is 0 Å². The van der Waals surface area contributed by atoms with E-state index in [0.717, 1.165) is 13.8 Å². The van der Waals surface area contributed by atoms with E-state index in [9.17, 15) is 28.8 Å². The molecule has 0 aliphatic carbocycles. The summed E-state index contributed by atoms with van der Waals surface area (Å²) in [5.74, 6) is -0.379. The molecule has 0 aromatic rings. The van der Waals surface area contributed by atoms with E-state index in [1.54, 1.807) is 0 Å². The third-order valence-corrected chi connectivity index (χ3v) is 5.65. The van der Waals surface area contributed by atoms with E-state index in [1.807, 2.05) is 0 Å². The molecule has 1 aliphatic heterocycles. The Bertz CT molecular complexity index is 949. The lowest BCUT2D eigenvalue weighted by Gasteiger charge is -2.44. The van der Waals surface area contributed by atoms with Crippen LogP contribution in [0.15, 0.2) is 0 Å². The first-order chi connectivity index (χ1) is 19.4. The van der Waals surface area contributed by atoms with E-state index < -0.39 is 54.5 Å². The van der Waals surface area contributed by atoms with Crippen molar-refractivity contribution in [1.82, 2.24) is 16.0 Å². The number of carbonyl (C=O) groups excluding carboxylic acids is 6. The van der Waals surface area contributed by atoms with Gasteiger partial charge >= 0.3 is 17.9 Å². The second-order valence-corrected chi connectivity index (χ2v) is 9.31. The molecule has 1 fully saturated rings. The number of ether oxygens (including phenoxy) is 5. The van der Waals surface area contributed by atoms with Crippen molar-refractivity contribution in [2.75, 3.05) is 26.3 Å². The van der Waals surface area contributed by atoms with Crippen molar-refractivity contribution in [1.29, 1.82) is 0 Å². The molecular formula is C27H41N3O11. The summed E-state index contributed by atoms with van der Waals surface area (Å²) in [7, 11) is 0. The van der Waals surface area contributed by atoms with Gasteiger partial charge < -0.3 is 39.6 Å². The maximum absolute atomic E-state index is 12.1. The van der Waals surface area contributed by atoms with Crippen molar-refractivity contribution in [2.45, 2.75) is 96.9 Å². The zero-order valence-electron chi connectivity index (χ0n) is 24.0. The van der Waals surface area contributed by atoms with Crippen molar-refractivity contribution in [2.24, 2.45) is 0 Å². The molecule has 5 atom stereocenters. The normalized spacial score (nSPS) is 21.5. The van der Waals surface area contributed by atoms with Gasteiger partial charge in [-0.3, -0.25) is 28.8 Å². The number of terminal acetylenes is 1. The predicted molar refractivity (Wildman–Crippen MR) is 143 cm³/mol. The maximum Gasteiger partial charge on any atom is 0.303 e. The molecule has 5 unspecified atom stereocenters. The molecule has 0 bridgehead atoms. The summed E-state index contributed by atoms with van der Waals surface area (Å²) in [6.45, 7) is 5.38. The van der Waals surface area contributed by atoms with E-state index in [-0.39, 0.29) is 37.9 Å². The lowest BCUT2D eigenvalue weighted by atomic mass is 9.96.